The summed E-state index contributed by atoms with van der Waals surface area (Å²) in [6, 6.07) is 8.26. The molecule has 1 unspecified atom stereocenters. The Kier molecular flexibility index (Phi) is 6.11. The third-order valence-corrected chi connectivity index (χ3v) is 6.05. The molecule has 1 atom stereocenters. The number of H-pyrrole nitrogens is 1. The SMILES string of the molecule is Cc1cc(-c2cnc(C(=O)Nc3cccc(F)c3N3CCCC([As])C3)[nH]2)cc(Cl)n1. The van der Waals surface area contributed by atoms with Gasteiger partial charge < -0.3 is 0 Å². The molecule has 1 amide bonds. The van der Waals surface area contributed by atoms with Gasteiger partial charge >= 0.3 is 154 Å². The number of anilines is 2. The van der Waals surface area contributed by atoms with Crippen LogP contribution in [0.4, 0.5) is 15.8 Å². The van der Waals surface area contributed by atoms with E-state index in [1.165, 1.54) is 6.07 Å². The molecule has 154 valence electrons. The molecule has 0 spiro atoms. The summed E-state index contributed by atoms with van der Waals surface area (Å²) in [5.74, 6) is -0.656. The number of aromatic nitrogens is 3. The van der Waals surface area contributed by atoms with Crippen LogP contribution in [-0.2, 0) is 0 Å². The van der Waals surface area contributed by atoms with E-state index < -0.39 is 5.91 Å². The van der Waals surface area contributed by atoms with Crippen molar-refractivity contribution in [1.29, 1.82) is 0 Å². The quantitative estimate of drug-likeness (QED) is 0.423. The monoisotopic (exact) mass is 487 g/mol. The maximum absolute atomic E-state index is 14.7. The van der Waals surface area contributed by atoms with Gasteiger partial charge in [0.1, 0.15) is 5.15 Å². The number of hydrogen-bond donors (Lipinski definition) is 2. The zero-order valence-corrected chi connectivity index (χ0v) is 19.0. The standard InChI is InChI=1S/C21H20AsClFN5O/c1-12-8-13(9-18(23)26-12)17-10-25-20(27-17)21(30)28-16-6-2-5-15(24)19(16)29-7-3-4-14(22)11-29/h2,5-6,8-10,14H,3-4,7,11H2,1H3,(H,25,27)(H,28,30). The van der Waals surface area contributed by atoms with E-state index in [0.29, 0.717) is 26.9 Å². The summed E-state index contributed by atoms with van der Waals surface area (Å²) in [7, 11) is 0. The average Bonchev–Trinajstić information content (AvgIpc) is 3.18. The Labute approximate surface area is 187 Å². The van der Waals surface area contributed by atoms with Crippen LogP contribution in [-0.4, -0.2) is 50.8 Å². The van der Waals surface area contributed by atoms with Crippen LogP contribution < -0.4 is 10.2 Å². The molecule has 1 saturated heterocycles. The molecule has 2 N–H and O–H groups in total. The van der Waals surface area contributed by atoms with Gasteiger partial charge in [-0.15, -0.1) is 0 Å². The van der Waals surface area contributed by atoms with Crippen LogP contribution in [0, 0.1) is 12.7 Å². The molecule has 0 aliphatic carbocycles. The minimum Gasteiger partial charge on any atom is -0.241 e. The number of carbonyl (C=O) groups is 1. The summed E-state index contributed by atoms with van der Waals surface area (Å²) >= 11 is 8.67. The Morgan fingerprint density at radius 2 is 2.23 bits per heavy atom. The molecule has 3 aromatic rings. The molecular weight excluding hydrogens is 468 g/mol. The fourth-order valence-corrected chi connectivity index (χ4v) is 4.69. The Bertz CT molecular complexity index is 1070. The van der Waals surface area contributed by atoms with E-state index in [1.54, 1.807) is 24.4 Å². The predicted molar refractivity (Wildman–Crippen MR) is 117 cm³/mol. The van der Waals surface area contributed by atoms with Crippen molar-refractivity contribution >= 4 is 45.7 Å². The third-order valence-electron chi connectivity index (χ3n) is 4.97. The van der Waals surface area contributed by atoms with Gasteiger partial charge in [-0.25, -0.2) is 4.98 Å². The predicted octanol–water partition coefficient (Wildman–Crippen LogP) is 4.38. The first-order valence-corrected chi connectivity index (χ1v) is 11.1. The van der Waals surface area contributed by atoms with Gasteiger partial charge in [0.2, 0.25) is 0 Å². The molecule has 1 aliphatic rings. The van der Waals surface area contributed by atoms with Gasteiger partial charge in [-0.3, -0.25) is 0 Å². The van der Waals surface area contributed by atoms with Gasteiger partial charge in [0.25, 0.3) is 0 Å². The number of halogens is 2. The van der Waals surface area contributed by atoms with Crippen molar-refractivity contribution in [2.75, 3.05) is 23.3 Å². The summed E-state index contributed by atoms with van der Waals surface area (Å²) in [4.78, 5) is 26.1. The first kappa shape index (κ1) is 20.9. The van der Waals surface area contributed by atoms with Crippen LogP contribution in [0.25, 0.3) is 11.3 Å². The van der Waals surface area contributed by atoms with Gasteiger partial charge in [-0.05, 0) is 6.92 Å². The summed E-state index contributed by atoms with van der Waals surface area (Å²) in [6.07, 6.45) is 3.65. The van der Waals surface area contributed by atoms with Gasteiger partial charge in [0, 0.05) is 5.69 Å². The van der Waals surface area contributed by atoms with Crippen molar-refractivity contribution in [3.8, 4) is 11.3 Å². The number of nitrogens with zero attached hydrogens (tertiary/aromatic N) is 3. The molecule has 0 saturated carbocycles. The summed E-state index contributed by atoms with van der Waals surface area (Å²) in [6.45, 7) is 3.33. The summed E-state index contributed by atoms with van der Waals surface area (Å²) in [5, 5.41) is 3.17. The van der Waals surface area contributed by atoms with E-state index in [1.807, 2.05) is 17.9 Å². The molecular formula is C21H20AsClFN5O. The summed E-state index contributed by atoms with van der Waals surface area (Å²) in [5.41, 5.74) is 3.05. The van der Waals surface area contributed by atoms with Crippen molar-refractivity contribution in [3.63, 3.8) is 0 Å². The Morgan fingerprint density at radius 3 is 3.00 bits per heavy atom. The van der Waals surface area contributed by atoms with E-state index in [4.69, 9.17) is 11.6 Å². The van der Waals surface area contributed by atoms with E-state index in [9.17, 15) is 9.18 Å². The molecule has 1 aliphatic heterocycles. The van der Waals surface area contributed by atoms with Gasteiger partial charge in [-0.2, -0.15) is 0 Å². The van der Waals surface area contributed by atoms with E-state index in [2.05, 4.69) is 37.1 Å². The first-order chi connectivity index (χ1) is 14.4. The van der Waals surface area contributed by atoms with Gasteiger partial charge in [0.05, 0.1) is 0 Å². The van der Waals surface area contributed by atoms with Crippen LogP contribution in [0.3, 0.4) is 0 Å². The Hall–Kier alpha value is -2.37. The van der Waals surface area contributed by atoms with E-state index in [0.717, 1.165) is 37.2 Å². The number of benzene rings is 1. The van der Waals surface area contributed by atoms with Crippen LogP contribution in [0.15, 0.2) is 36.5 Å². The van der Waals surface area contributed by atoms with E-state index in [-0.39, 0.29) is 11.6 Å². The van der Waals surface area contributed by atoms with Crippen molar-refractivity contribution in [2.24, 2.45) is 0 Å². The number of pyridine rings is 1. The third kappa shape index (κ3) is 4.52. The topological polar surface area (TPSA) is 73.9 Å². The number of aryl methyl sites for hydroxylation is 1. The van der Waals surface area contributed by atoms with Gasteiger partial charge in [0.15, 0.2) is 0 Å². The number of carbonyl (C=O) groups excluding carboxylic acids is 1. The molecule has 3 heterocycles. The molecule has 0 bridgehead atoms. The van der Waals surface area contributed by atoms with Crippen molar-refractivity contribution < 1.29 is 9.18 Å². The van der Waals surface area contributed by atoms with Crippen LogP contribution in [0.1, 0.15) is 29.2 Å². The number of piperidine rings is 1. The number of rotatable bonds is 4. The van der Waals surface area contributed by atoms with Crippen LogP contribution >= 0.6 is 11.6 Å². The first-order valence-electron chi connectivity index (χ1n) is 9.63. The molecule has 4 rings (SSSR count). The maximum atomic E-state index is 14.7. The van der Waals surface area contributed by atoms with Crippen LogP contribution in [0.5, 0.6) is 0 Å². The normalized spacial score (nSPS) is 16.5. The van der Waals surface area contributed by atoms with Gasteiger partial charge in [-0.1, -0.05) is 11.6 Å². The molecule has 9 heteroatoms. The Morgan fingerprint density at radius 1 is 1.40 bits per heavy atom. The number of para-hydroxylation sites is 1. The minimum atomic E-state index is -0.439. The molecule has 1 aromatic carbocycles. The molecule has 30 heavy (non-hydrogen) atoms. The van der Waals surface area contributed by atoms with Crippen LogP contribution in [0.2, 0.25) is 9.86 Å². The molecule has 6 nitrogen and oxygen atoms in total. The number of nitrogens with one attached hydrogen (secondary N) is 2. The number of imidazole rings is 1. The molecule has 2 radical (unpaired) electrons. The summed E-state index contributed by atoms with van der Waals surface area (Å²) < 4.78 is 15.1. The van der Waals surface area contributed by atoms with E-state index >= 15 is 0 Å². The Balaban J connectivity index is 1.58. The molecule has 1 fully saturated rings. The second kappa shape index (κ2) is 8.78. The zero-order chi connectivity index (χ0) is 21.3. The zero-order valence-electron chi connectivity index (χ0n) is 16.3. The van der Waals surface area contributed by atoms with Crippen molar-refractivity contribution in [1.82, 2.24) is 15.0 Å². The minimum absolute atomic E-state index is 0.134. The average molecular weight is 488 g/mol. The smallest absolute Gasteiger partial charge is 0.241 e. The second-order valence-electron chi connectivity index (χ2n) is 7.30. The molecule has 2 aromatic heterocycles. The van der Waals surface area contributed by atoms with Crippen molar-refractivity contribution in [3.05, 3.63) is 59.0 Å². The number of amides is 1. The number of hydrogen-bond acceptors (Lipinski definition) is 4. The fraction of sp³-hybridized carbons (Fsp3) is 0.286. The second-order valence-corrected chi connectivity index (χ2v) is 9.22. The number of aromatic amines is 1. The van der Waals surface area contributed by atoms with Crippen molar-refractivity contribution in [2.45, 2.75) is 24.5 Å². The fourth-order valence-electron chi connectivity index (χ4n) is 3.64.